The van der Waals surface area contributed by atoms with Crippen molar-refractivity contribution in [2.24, 2.45) is 0 Å². The van der Waals surface area contributed by atoms with Crippen LogP contribution in [0.2, 0.25) is 5.02 Å². The molecule has 0 aliphatic heterocycles. The first-order valence-corrected chi connectivity index (χ1v) is 7.29. The Bertz CT molecular complexity index is 449. The van der Waals surface area contributed by atoms with Crippen LogP contribution < -0.4 is 10.6 Å². The monoisotopic (exact) mass is 297 g/mol. The Morgan fingerprint density at radius 3 is 2.70 bits per heavy atom. The maximum Gasteiger partial charge on any atom is 0.253 e. The highest BCUT2D eigenvalue weighted by Gasteiger charge is 2.11. The normalized spacial score (nSPS) is 10.9. The molecule has 0 aliphatic carbocycles. The van der Waals surface area contributed by atoms with E-state index in [2.05, 4.69) is 36.4 Å². The van der Waals surface area contributed by atoms with Crippen LogP contribution in [0.5, 0.6) is 0 Å². The van der Waals surface area contributed by atoms with Gasteiger partial charge in [0.05, 0.1) is 5.56 Å². The van der Waals surface area contributed by atoms with E-state index in [-0.39, 0.29) is 5.91 Å². The number of anilines is 1. The van der Waals surface area contributed by atoms with Crippen molar-refractivity contribution in [3.8, 4) is 0 Å². The van der Waals surface area contributed by atoms with Gasteiger partial charge in [-0.25, -0.2) is 0 Å². The van der Waals surface area contributed by atoms with Crippen molar-refractivity contribution < 1.29 is 4.79 Å². The largest absolute Gasteiger partial charge is 0.387 e. The summed E-state index contributed by atoms with van der Waals surface area (Å²) in [4.78, 5) is 14.4. The number of nitrogens with zero attached hydrogens (tertiary/aromatic N) is 1. The number of amides is 1. The predicted molar refractivity (Wildman–Crippen MR) is 85.7 cm³/mol. The fourth-order valence-electron chi connectivity index (χ4n) is 1.81. The van der Waals surface area contributed by atoms with Crippen molar-refractivity contribution in [3.63, 3.8) is 0 Å². The van der Waals surface area contributed by atoms with Gasteiger partial charge in [-0.05, 0) is 52.1 Å². The Labute approximate surface area is 126 Å². The molecule has 1 rings (SSSR count). The number of hydrogen-bond donors (Lipinski definition) is 2. The van der Waals surface area contributed by atoms with Gasteiger partial charge in [0.1, 0.15) is 0 Å². The lowest BCUT2D eigenvalue weighted by atomic mass is 10.1. The van der Waals surface area contributed by atoms with Crippen LogP contribution in [-0.2, 0) is 0 Å². The molecule has 0 atom stereocenters. The number of benzene rings is 1. The predicted octanol–water partition coefficient (Wildman–Crippen LogP) is 2.84. The molecule has 112 valence electrons. The van der Waals surface area contributed by atoms with Gasteiger partial charge < -0.3 is 15.5 Å². The molecule has 5 heteroatoms. The summed E-state index contributed by atoms with van der Waals surface area (Å²) in [6.07, 6.45) is 0.926. The average Bonchev–Trinajstić information content (AvgIpc) is 2.42. The molecule has 0 saturated carbocycles. The molecule has 0 heterocycles. The second-order valence-corrected chi connectivity index (χ2v) is 5.56. The molecular formula is C15H24ClN3O. The molecule has 1 aromatic rings. The van der Waals surface area contributed by atoms with Crippen molar-refractivity contribution >= 4 is 23.2 Å². The number of nitrogens with one attached hydrogen (secondary N) is 2. The van der Waals surface area contributed by atoms with E-state index >= 15 is 0 Å². The van der Waals surface area contributed by atoms with E-state index in [0.717, 1.165) is 18.7 Å². The van der Waals surface area contributed by atoms with Gasteiger partial charge in [-0.3, -0.25) is 4.79 Å². The lowest BCUT2D eigenvalue weighted by Gasteiger charge is -2.20. The fourth-order valence-corrected chi connectivity index (χ4v) is 1.98. The summed E-state index contributed by atoms with van der Waals surface area (Å²) in [5.74, 6) is -0.0935. The molecule has 0 spiro atoms. The summed E-state index contributed by atoms with van der Waals surface area (Å²) < 4.78 is 0. The summed E-state index contributed by atoms with van der Waals surface area (Å²) in [6.45, 7) is 5.94. The topological polar surface area (TPSA) is 44.4 Å². The van der Waals surface area contributed by atoms with Crippen LogP contribution in [0.4, 0.5) is 5.69 Å². The van der Waals surface area contributed by atoms with Crippen molar-refractivity contribution in [2.75, 3.05) is 32.5 Å². The second-order valence-electron chi connectivity index (χ2n) is 5.12. The number of carbonyl (C=O) groups is 1. The average molecular weight is 298 g/mol. The third-order valence-electron chi connectivity index (χ3n) is 3.35. The molecule has 0 bridgehead atoms. The molecule has 20 heavy (non-hydrogen) atoms. The number of carbonyl (C=O) groups excluding carboxylic acids is 1. The van der Waals surface area contributed by atoms with Crippen molar-refractivity contribution in [1.82, 2.24) is 10.2 Å². The van der Waals surface area contributed by atoms with E-state index in [0.29, 0.717) is 23.2 Å². The Hall–Kier alpha value is -1.26. The number of rotatable bonds is 7. The Kier molecular flexibility index (Phi) is 6.82. The van der Waals surface area contributed by atoms with Crippen molar-refractivity contribution in [1.29, 1.82) is 0 Å². The molecule has 0 aromatic heterocycles. The van der Waals surface area contributed by atoms with E-state index in [4.69, 9.17) is 11.6 Å². The summed E-state index contributed by atoms with van der Waals surface area (Å²) in [6, 6.07) is 5.78. The summed E-state index contributed by atoms with van der Waals surface area (Å²) in [5, 5.41) is 6.49. The minimum Gasteiger partial charge on any atom is -0.387 e. The molecule has 0 fully saturated rings. The SMILES string of the molecule is CNc1ccc(Cl)cc1C(=O)NCCCN(C)C(C)C. The van der Waals surface area contributed by atoms with Gasteiger partial charge in [0, 0.05) is 30.3 Å². The maximum atomic E-state index is 12.1. The first-order chi connectivity index (χ1) is 9.45. The Balaban J connectivity index is 2.49. The smallest absolute Gasteiger partial charge is 0.253 e. The zero-order chi connectivity index (χ0) is 15.1. The molecule has 0 radical (unpaired) electrons. The highest BCUT2D eigenvalue weighted by atomic mass is 35.5. The van der Waals surface area contributed by atoms with Gasteiger partial charge in [0.2, 0.25) is 0 Å². The van der Waals surface area contributed by atoms with Gasteiger partial charge in [0.25, 0.3) is 5.91 Å². The van der Waals surface area contributed by atoms with Gasteiger partial charge in [0.15, 0.2) is 0 Å². The molecule has 1 aromatic carbocycles. The van der Waals surface area contributed by atoms with Crippen LogP contribution in [0, 0.1) is 0 Å². The van der Waals surface area contributed by atoms with Crippen LogP contribution in [0.15, 0.2) is 18.2 Å². The van der Waals surface area contributed by atoms with Crippen LogP contribution in [-0.4, -0.2) is 44.0 Å². The van der Waals surface area contributed by atoms with Crippen LogP contribution in [0.1, 0.15) is 30.6 Å². The molecule has 2 N–H and O–H groups in total. The molecule has 0 saturated heterocycles. The first-order valence-electron chi connectivity index (χ1n) is 6.91. The Morgan fingerprint density at radius 2 is 2.10 bits per heavy atom. The zero-order valence-electron chi connectivity index (χ0n) is 12.7. The summed E-state index contributed by atoms with van der Waals surface area (Å²) in [7, 11) is 3.88. The van der Waals surface area contributed by atoms with E-state index in [1.165, 1.54) is 0 Å². The minimum atomic E-state index is -0.0935. The lowest BCUT2D eigenvalue weighted by Crippen LogP contribution is -2.31. The first kappa shape index (κ1) is 16.8. The second kappa shape index (κ2) is 8.12. The molecular weight excluding hydrogens is 274 g/mol. The standard InChI is InChI=1S/C15H24ClN3O/c1-11(2)19(4)9-5-8-18-15(20)13-10-12(16)6-7-14(13)17-3/h6-7,10-11,17H,5,8-9H2,1-4H3,(H,18,20). The highest BCUT2D eigenvalue weighted by molar-refractivity contribution is 6.31. The Morgan fingerprint density at radius 1 is 1.40 bits per heavy atom. The van der Waals surface area contributed by atoms with Gasteiger partial charge in [-0.15, -0.1) is 0 Å². The molecule has 1 amide bonds. The molecule has 4 nitrogen and oxygen atoms in total. The minimum absolute atomic E-state index is 0.0935. The summed E-state index contributed by atoms with van der Waals surface area (Å²) >= 11 is 5.94. The quantitative estimate of drug-likeness (QED) is 0.761. The van der Waals surface area contributed by atoms with E-state index < -0.39 is 0 Å². The number of hydrogen-bond acceptors (Lipinski definition) is 3. The van der Waals surface area contributed by atoms with Crippen LogP contribution in [0.25, 0.3) is 0 Å². The van der Waals surface area contributed by atoms with Crippen LogP contribution in [0.3, 0.4) is 0 Å². The number of halogens is 1. The molecule has 0 aliphatic rings. The van der Waals surface area contributed by atoms with Crippen molar-refractivity contribution in [2.45, 2.75) is 26.3 Å². The van der Waals surface area contributed by atoms with Gasteiger partial charge >= 0.3 is 0 Å². The summed E-state index contributed by atoms with van der Waals surface area (Å²) in [5.41, 5.74) is 1.36. The van der Waals surface area contributed by atoms with E-state index in [1.54, 1.807) is 19.2 Å². The zero-order valence-corrected chi connectivity index (χ0v) is 13.4. The fraction of sp³-hybridized carbons (Fsp3) is 0.533. The van der Waals surface area contributed by atoms with Gasteiger partial charge in [-0.2, -0.15) is 0 Å². The van der Waals surface area contributed by atoms with E-state index in [9.17, 15) is 4.79 Å². The third kappa shape index (κ3) is 5.02. The van der Waals surface area contributed by atoms with Gasteiger partial charge in [-0.1, -0.05) is 11.6 Å². The molecule has 0 unspecified atom stereocenters. The maximum absolute atomic E-state index is 12.1. The van der Waals surface area contributed by atoms with Crippen molar-refractivity contribution in [3.05, 3.63) is 28.8 Å². The van der Waals surface area contributed by atoms with Crippen LogP contribution >= 0.6 is 11.6 Å². The lowest BCUT2D eigenvalue weighted by molar-refractivity contribution is 0.0952. The third-order valence-corrected chi connectivity index (χ3v) is 3.59. The highest BCUT2D eigenvalue weighted by Crippen LogP contribution is 2.20. The van der Waals surface area contributed by atoms with E-state index in [1.807, 2.05) is 6.07 Å².